The minimum absolute atomic E-state index is 0.0106. The molecule has 5 nitrogen and oxygen atoms in total. The highest BCUT2D eigenvalue weighted by Gasteiger charge is 2.41. The number of hydrogen-bond acceptors (Lipinski definition) is 2. The fourth-order valence-electron chi connectivity index (χ4n) is 3.29. The zero-order chi connectivity index (χ0) is 19.2. The number of carboxylic acids is 1. The Morgan fingerprint density at radius 1 is 1.11 bits per heavy atom. The normalized spacial score (nSPS) is 19.1. The van der Waals surface area contributed by atoms with Crippen LogP contribution in [0.25, 0.3) is 0 Å². The first-order chi connectivity index (χ1) is 13.0. The van der Waals surface area contributed by atoms with Crippen LogP contribution in [0.2, 0.25) is 0 Å². The maximum atomic E-state index is 13.8. The van der Waals surface area contributed by atoms with Crippen LogP contribution in [0, 0.1) is 5.82 Å². The SMILES string of the molecule is O=C(O)CCC(Cc1ccccc1)NC(=O)N[C@@H]1C[C@H]1c1ccccc1F. The lowest BCUT2D eigenvalue weighted by atomic mass is 10.0. The van der Waals surface area contributed by atoms with Crippen molar-refractivity contribution < 1.29 is 19.1 Å². The Morgan fingerprint density at radius 3 is 2.52 bits per heavy atom. The summed E-state index contributed by atoms with van der Waals surface area (Å²) in [6.45, 7) is 0. The summed E-state index contributed by atoms with van der Waals surface area (Å²) in [5, 5.41) is 14.7. The lowest BCUT2D eigenvalue weighted by Gasteiger charge is -2.19. The van der Waals surface area contributed by atoms with Gasteiger partial charge in [-0.3, -0.25) is 4.79 Å². The largest absolute Gasteiger partial charge is 0.481 e. The van der Waals surface area contributed by atoms with Gasteiger partial charge in [0.05, 0.1) is 0 Å². The summed E-state index contributed by atoms with van der Waals surface area (Å²) >= 11 is 0. The van der Waals surface area contributed by atoms with Crippen molar-refractivity contribution in [2.45, 2.75) is 43.7 Å². The molecule has 6 heteroatoms. The van der Waals surface area contributed by atoms with Gasteiger partial charge < -0.3 is 15.7 Å². The Kier molecular flexibility index (Phi) is 6.06. The van der Waals surface area contributed by atoms with Gasteiger partial charge >= 0.3 is 12.0 Å². The second kappa shape index (κ2) is 8.66. The molecule has 1 unspecified atom stereocenters. The van der Waals surface area contributed by atoms with Crippen molar-refractivity contribution in [2.75, 3.05) is 0 Å². The van der Waals surface area contributed by atoms with Crippen molar-refractivity contribution in [3.63, 3.8) is 0 Å². The van der Waals surface area contributed by atoms with E-state index in [-0.39, 0.29) is 36.3 Å². The number of benzene rings is 2. The average Bonchev–Trinajstić information content (AvgIpc) is 3.39. The smallest absolute Gasteiger partial charge is 0.315 e. The standard InChI is InChI=1S/C21H23FN2O3/c22-18-9-5-4-8-16(18)17-13-19(17)24-21(27)23-15(10-11-20(25)26)12-14-6-2-1-3-7-14/h1-9,15,17,19H,10-13H2,(H,25,26)(H2,23,24,27)/t15?,17-,19+/m0/s1. The molecular weight excluding hydrogens is 347 g/mol. The Hall–Kier alpha value is -2.89. The molecule has 3 rings (SSSR count). The molecule has 0 aromatic heterocycles. The molecule has 3 N–H and O–H groups in total. The molecule has 0 bridgehead atoms. The van der Waals surface area contributed by atoms with Gasteiger partial charge in [0.15, 0.2) is 0 Å². The molecule has 1 aliphatic carbocycles. The van der Waals surface area contributed by atoms with Gasteiger partial charge in [0.1, 0.15) is 5.82 Å². The van der Waals surface area contributed by atoms with Crippen LogP contribution in [-0.4, -0.2) is 29.2 Å². The summed E-state index contributed by atoms with van der Waals surface area (Å²) in [6, 6.07) is 15.5. The van der Waals surface area contributed by atoms with E-state index in [1.807, 2.05) is 30.3 Å². The molecule has 2 aromatic carbocycles. The quantitative estimate of drug-likeness (QED) is 0.666. The molecule has 0 saturated heterocycles. The van der Waals surface area contributed by atoms with Gasteiger partial charge in [-0.25, -0.2) is 9.18 Å². The van der Waals surface area contributed by atoms with E-state index in [4.69, 9.17) is 5.11 Å². The second-order valence-electron chi connectivity index (χ2n) is 6.91. The van der Waals surface area contributed by atoms with Crippen LogP contribution in [0.1, 0.15) is 36.3 Å². The third kappa shape index (κ3) is 5.54. The third-order valence-corrected chi connectivity index (χ3v) is 4.78. The summed E-state index contributed by atoms with van der Waals surface area (Å²) in [6.07, 6.45) is 1.59. The zero-order valence-electron chi connectivity index (χ0n) is 14.9. The van der Waals surface area contributed by atoms with Gasteiger partial charge in [-0.15, -0.1) is 0 Å². The van der Waals surface area contributed by atoms with E-state index < -0.39 is 5.97 Å². The van der Waals surface area contributed by atoms with Crippen LogP contribution in [0.4, 0.5) is 9.18 Å². The molecule has 1 aliphatic rings. The lowest BCUT2D eigenvalue weighted by molar-refractivity contribution is -0.137. The topological polar surface area (TPSA) is 78.4 Å². The Labute approximate surface area is 157 Å². The van der Waals surface area contributed by atoms with E-state index in [0.717, 1.165) is 5.56 Å². The first kappa shape index (κ1) is 18.9. The maximum Gasteiger partial charge on any atom is 0.315 e. The van der Waals surface area contributed by atoms with Crippen LogP contribution >= 0.6 is 0 Å². The highest BCUT2D eigenvalue weighted by Crippen LogP contribution is 2.41. The van der Waals surface area contributed by atoms with Gasteiger partial charge in [-0.1, -0.05) is 48.5 Å². The van der Waals surface area contributed by atoms with Crippen molar-refractivity contribution in [2.24, 2.45) is 0 Å². The van der Waals surface area contributed by atoms with Gasteiger partial charge in [0, 0.05) is 24.4 Å². The van der Waals surface area contributed by atoms with Gasteiger partial charge in [0.25, 0.3) is 0 Å². The number of carbonyl (C=O) groups excluding carboxylic acids is 1. The summed E-state index contributed by atoms with van der Waals surface area (Å²) in [5.74, 6) is -1.16. The predicted molar refractivity (Wildman–Crippen MR) is 100 cm³/mol. The molecular formula is C21H23FN2O3. The number of halogens is 1. The fourth-order valence-corrected chi connectivity index (χ4v) is 3.29. The van der Waals surface area contributed by atoms with E-state index in [1.165, 1.54) is 6.07 Å². The van der Waals surface area contributed by atoms with Crippen molar-refractivity contribution in [3.05, 3.63) is 71.5 Å². The van der Waals surface area contributed by atoms with E-state index in [0.29, 0.717) is 24.8 Å². The van der Waals surface area contributed by atoms with Crippen LogP contribution < -0.4 is 10.6 Å². The van der Waals surface area contributed by atoms with Crippen molar-refractivity contribution in [1.29, 1.82) is 0 Å². The van der Waals surface area contributed by atoms with Gasteiger partial charge in [-0.05, 0) is 36.5 Å². The molecule has 27 heavy (non-hydrogen) atoms. The van der Waals surface area contributed by atoms with Crippen molar-refractivity contribution >= 4 is 12.0 Å². The van der Waals surface area contributed by atoms with Crippen LogP contribution in [0.3, 0.4) is 0 Å². The molecule has 1 fully saturated rings. The Balaban J connectivity index is 1.54. The van der Waals surface area contributed by atoms with Crippen molar-refractivity contribution in [3.8, 4) is 0 Å². The second-order valence-corrected chi connectivity index (χ2v) is 6.91. The van der Waals surface area contributed by atoms with E-state index in [9.17, 15) is 14.0 Å². The highest BCUT2D eigenvalue weighted by atomic mass is 19.1. The van der Waals surface area contributed by atoms with E-state index in [1.54, 1.807) is 18.2 Å². The van der Waals surface area contributed by atoms with Crippen molar-refractivity contribution in [1.82, 2.24) is 10.6 Å². The molecule has 0 heterocycles. The highest BCUT2D eigenvalue weighted by molar-refractivity contribution is 5.75. The third-order valence-electron chi connectivity index (χ3n) is 4.78. The zero-order valence-corrected chi connectivity index (χ0v) is 14.9. The average molecular weight is 370 g/mol. The molecule has 0 spiro atoms. The maximum absolute atomic E-state index is 13.8. The Morgan fingerprint density at radius 2 is 1.81 bits per heavy atom. The summed E-state index contributed by atoms with van der Waals surface area (Å²) < 4.78 is 13.8. The minimum atomic E-state index is -0.892. The fraction of sp³-hybridized carbons (Fsp3) is 0.333. The lowest BCUT2D eigenvalue weighted by Crippen LogP contribution is -2.44. The molecule has 2 aromatic rings. The number of aliphatic carboxylic acids is 1. The first-order valence-electron chi connectivity index (χ1n) is 9.10. The monoisotopic (exact) mass is 370 g/mol. The number of carboxylic acid groups (broad SMARTS) is 1. The van der Waals surface area contributed by atoms with E-state index >= 15 is 0 Å². The van der Waals surface area contributed by atoms with Gasteiger partial charge in [-0.2, -0.15) is 0 Å². The van der Waals surface area contributed by atoms with Crippen LogP contribution in [0.5, 0.6) is 0 Å². The minimum Gasteiger partial charge on any atom is -0.481 e. The number of amides is 2. The summed E-state index contributed by atoms with van der Waals surface area (Å²) in [5.41, 5.74) is 1.65. The number of hydrogen-bond donors (Lipinski definition) is 3. The number of nitrogens with one attached hydrogen (secondary N) is 2. The molecule has 2 amide bonds. The predicted octanol–water partition coefficient (Wildman–Crippen LogP) is 3.46. The van der Waals surface area contributed by atoms with Gasteiger partial charge in [0.2, 0.25) is 0 Å². The van der Waals surface area contributed by atoms with Crippen LogP contribution in [-0.2, 0) is 11.2 Å². The molecule has 0 radical (unpaired) electrons. The molecule has 142 valence electrons. The summed E-state index contributed by atoms with van der Waals surface area (Å²) in [4.78, 5) is 23.2. The first-order valence-corrected chi connectivity index (χ1v) is 9.10. The number of rotatable bonds is 8. The molecule has 3 atom stereocenters. The molecule has 1 saturated carbocycles. The van der Waals surface area contributed by atoms with E-state index in [2.05, 4.69) is 10.6 Å². The Bertz CT molecular complexity index is 797. The summed E-state index contributed by atoms with van der Waals surface area (Å²) in [7, 11) is 0. The molecule has 0 aliphatic heterocycles. The number of carbonyl (C=O) groups is 2. The number of urea groups is 1. The van der Waals surface area contributed by atoms with Crippen LogP contribution in [0.15, 0.2) is 54.6 Å².